The number of aryl methyl sites for hydroxylation is 1. The minimum absolute atomic E-state index is 0.150. The van der Waals surface area contributed by atoms with E-state index >= 15 is 0 Å². The molecule has 0 bridgehead atoms. The van der Waals surface area contributed by atoms with Gasteiger partial charge in [-0.3, -0.25) is 9.89 Å². The molecule has 1 aromatic carbocycles. The molecule has 32 heavy (non-hydrogen) atoms. The van der Waals surface area contributed by atoms with E-state index in [-0.39, 0.29) is 11.8 Å². The summed E-state index contributed by atoms with van der Waals surface area (Å²) in [6, 6.07) is 15.8. The molecule has 9 nitrogen and oxygen atoms in total. The molecule has 1 amide bonds. The molecule has 0 saturated carbocycles. The molecule has 2 N–H and O–H groups in total. The SMILES string of the molecule is Cc1cc(Nc2nc(N3CCN(C(=O)[C@@H](C)c4ccccc4)CC3)nn3cccc23)n[nH]1. The van der Waals surface area contributed by atoms with Gasteiger partial charge in [-0.15, -0.1) is 5.10 Å². The van der Waals surface area contributed by atoms with Crippen LogP contribution in [0, 0.1) is 6.92 Å². The normalized spacial score (nSPS) is 15.2. The molecule has 9 heteroatoms. The van der Waals surface area contributed by atoms with Crippen molar-refractivity contribution in [3.63, 3.8) is 0 Å². The van der Waals surface area contributed by atoms with Crippen molar-refractivity contribution >= 4 is 29.0 Å². The van der Waals surface area contributed by atoms with Crippen LogP contribution < -0.4 is 10.2 Å². The molecule has 0 radical (unpaired) electrons. The number of carbonyl (C=O) groups is 1. The van der Waals surface area contributed by atoms with Gasteiger partial charge >= 0.3 is 0 Å². The Hall–Kier alpha value is -3.88. The van der Waals surface area contributed by atoms with Crippen molar-refractivity contribution in [2.24, 2.45) is 0 Å². The van der Waals surface area contributed by atoms with Gasteiger partial charge in [0.25, 0.3) is 0 Å². The molecule has 4 heterocycles. The smallest absolute Gasteiger partial charge is 0.245 e. The van der Waals surface area contributed by atoms with Crippen LogP contribution in [0.3, 0.4) is 0 Å². The van der Waals surface area contributed by atoms with E-state index in [1.165, 1.54) is 0 Å². The second-order valence-corrected chi connectivity index (χ2v) is 8.10. The molecule has 1 atom stereocenters. The van der Waals surface area contributed by atoms with Crippen molar-refractivity contribution in [3.8, 4) is 0 Å². The number of nitrogens with one attached hydrogen (secondary N) is 2. The van der Waals surface area contributed by atoms with Gasteiger partial charge in [0.2, 0.25) is 11.9 Å². The largest absolute Gasteiger partial charge is 0.339 e. The third-order valence-electron chi connectivity index (χ3n) is 5.88. The number of fused-ring (bicyclic) bond motifs is 1. The minimum Gasteiger partial charge on any atom is -0.339 e. The molecule has 0 unspecified atom stereocenters. The number of amides is 1. The lowest BCUT2D eigenvalue weighted by Gasteiger charge is -2.36. The predicted octanol–water partition coefficient (Wildman–Crippen LogP) is 2.96. The van der Waals surface area contributed by atoms with E-state index in [4.69, 9.17) is 4.98 Å². The molecule has 1 fully saturated rings. The summed E-state index contributed by atoms with van der Waals surface area (Å²) in [5.74, 6) is 2.05. The van der Waals surface area contributed by atoms with Crippen molar-refractivity contribution in [3.05, 3.63) is 66.0 Å². The van der Waals surface area contributed by atoms with Crippen LogP contribution in [0.25, 0.3) is 5.52 Å². The first-order valence-corrected chi connectivity index (χ1v) is 10.8. The average molecular weight is 431 g/mol. The van der Waals surface area contributed by atoms with Gasteiger partial charge in [-0.2, -0.15) is 10.1 Å². The molecular weight excluding hydrogens is 404 g/mol. The molecule has 1 aliphatic rings. The minimum atomic E-state index is -0.150. The van der Waals surface area contributed by atoms with Crippen LogP contribution >= 0.6 is 0 Å². The van der Waals surface area contributed by atoms with E-state index in [9.17, 15) is 4.79 Å². The lowest BCUT2D eigenvalue weighted by molar-refractivity contribution is -0.132. The molecule has 0 spiro atoms. The van der Waals surface area contributed by atoms with E-state index in [2.05, 4.69) is 25.5 Å². The van der Waals surface area contributed by atoms with Gasteiger partial charge in [-0.1, -0.05) is 30.3 Å². The third-order valence-corrected chi connectivity index (χ3v) is 5.88. The first-order chi connectivity index (χ1) is 15.6. The van der Waals surface area contributed by atoms with E-state index in [1.807, 2.05) is 78.0 Å². The van der Waals surface area contributed by atoms with E-state index < -0.39 is 0 Å². The summed E-state index contributed by atoms with van der Waals surface area (Å²) in [5, 5.41) is 15.2. The van der Waals surface area contributed by atoms with Gasteiger partial charge in [-0.05, 0) is 31.5 Å². The quantitative estimate of drug-likeness (QED) is 0.506. The van der Waals surface area contributed by atoms with Gasteiger partial charge in [-0.25, -0.2) is 4.52 Å². The Morgan fingerprint density at radius 1 is 1.09 bits per heavy atom. The van der Waals surface area contributed by atoms with Crippen LogP contribution in [-0.4, -0.2) is 61.8 Å². The Labute approximate surface area is 186 Å². The lowest BCUT2D eigenvalue weighted by Crippen LogP contribution is -2.50. The lowest BCUT2D eigenvalue weighted by atomic mass is 9.99. The van der Waals surface area contributed by atoms with Crippen LogP contribution in [0.2, 0.25) is 0 Å². The molecule has 0 aliphatic carbocycles. The van der Waals surface area contributed by atoms with Crippen molar-refractivity contribution in [2.45, 2.75) is 19.8 Å². The van der Waals surface area contributed by atoms with Crippen LogP contribution in [0.4, 0.5) is 17.6 Å². The molecular formula is C23H26N8O. The van der Waals surface area contributed by atoms with E-state index in [1.54, 1.807) is 0 Å². The number of nitrogens with zero attached hydrogens (tertiary/aromatic N) is 6. The molecule has 3 aromatic heterocycles. The van der Waals surface area contributed by atoms with Crippen molar-refractivity contribution < 1.29 is 4.79 Å². The maximum Gasteiger partial charge on any atom is 0.245 e. The van der Waals surface area contributed by atoms with E-state index in [0.717, 1.165) is 16.8 Å². The summed E-state index contributed by atoms with van der Waals surface area (Å²) in [5.41, 5.74) is 2.89. The maximum atomic E-state index is 13.0. The second-order valence-electron chi connectivity index (χ2n) is 8.10. The highest BCUT2D eigenvalue weighted by Gasteiger charge is 2.27. The van der Waals surface area contributed by atoms with Gasteiger partial charge in [0.15, 0.2) is 11.6 Å². The topological polar surface area (TPSA) is 94.5 Å². The monoisotopic (exact) mass is 430 g/mol. The zero-order chi connectivity index (χ0) is 22.1. The van der Waals surface area contributed by atoms with Crippen molar-refractivity contribution in [2.75, 3.05) is 36.4 Å². The van der Waals surface area contributed by atoms with E-state index in [0.29, 0.717) is 43.8 Å². The summed E-state index contributed by atoms with van der Waals surface area (Å²) in [6.07, 6.45) is 1.91. The molecule has 4 aromatic rings. The molecule has 1 saturated heterocycles. The summed E-state index contributed by atoms with van der Waals surface area (Å²) in [4.78, 5) is 21.8. The number of benzene rings is 1. The van der Waals surface area contributed by atoms with Crippen molar-refractivity contribution in [1.82, 2.24) is 29.7 Å². The Kier molecular flexibility index (Phi) is 5.22. The highest BCUT2D eigenvalue weighted by atomic mass is 16.2. The number of aromatic amines is 1. The number of hydrogen-bond donors (Lipinski definition) is 2. The summed E-state index contributed by atoms with van der Waals surface area (Å²) < 4.78 is 1.82. The number of rotatable bonds is 5. The molecule has 1 aliphatic heterocycles. The Morgan fingerprint density at radius 2 is 1.88 bits per heavy atom. The fraction of sp³-hybridized carbons (Fsp3) is 0.304. The van der Waals surface area contributed by atoms with Crippen LogP contribution in [-0.2, 0) is 4.79 Å². The number of hydrogen-bond acceptors (Lipinski definition) is 6. The summed E-state index contributed by atoms with van der Waals surface area (Å²) >= 11 is 0. The Morgan fingerprint density at radius 3 is 2.59 bits per heavy atom. The zero-order valence-corrected chi connectivity index (χ0v) is 18.2. The first-order valence-electron chi connectivity index (χ1n) is 10.8. The molecule has 164 valence electrons. The number of carbonyl (C=O) groups excluding carboxylic acids is 1. The van der Waals surface area contributed by atoms with Gasteiger partial charge in [0, 0.05) is 44.1 Å². The number of aromatic nitrogens is 5. The predicted molar refractivity (Wildman–Crippen MR) is 123 cm³/mol. The fourth-order valence-electron chi connectivity index (χ4n) is 4.04. The highest BCUT2D eigenvalue weighted by molar-refractivity contribution is 5.83. The Balaban J connectivity index is 1.31. The maximum absolute atomic E-state index is 13.0. The van der Waals surface area contributed by atoms with Gasteiger partial charge < -0.3 is 15.1 Å². The van der Waals surface area contributed by atoms with Gasteiger partial charge in [0.1, 0.15) is 5.52 Å². The third kappa shape index (κ3) is 3.89. The number of H-pyrrole nitrogens is 1. The highest BCUT2D eigenvalue weighted by Crippen LogP contribution is 2.24. The second kappa shape index (κ2) is 8.33. The standard InChI is InChI=1S/C23H26N8O/c1-16-15-20(27-26-16)24-21-19-9-6-10-31(19)28-23(25-21)30-13-11-29(12-14-30)22(32)17(2)18-7-4-3-5-8-18/h3-10,15,17H,11-14H2,1-2H3,(H2,24,25,26,27,28)/t17-/m0/s1. The average Bonchev–Trinajstić information content (AvgIpc) is 3.47. The van der Waals surface area contributed by atoms with Crippen LogP contribution in [0.1, 0.15) is 24.1 Å². The number of anilines is 3. The fourth-order valence-corrected chi connectivity index (χ4v) is 4.04. The van der Waals surface area contributed by atoms with Crippen molar-refractivity contribution in [1.29, 1.82) is 0 Å². The summed E-state index contributed by atoms with van der Waals surface area (Å²) in [6.45, 7) is 6.58. The molecule has 5 rings (SSSR count). The number of piperazine rings is 1. The first kappa shape index (κ1) is 20.0. The van der Waals surface area contributed by atoms with Gasteiger partial charge in [0.05, 0.1) is 5.92 Å². The summed E-state index contributed by atoms with van der Waals surface area (Å²) in [7, 11) is 0. The zero-order valence-electron chi connectivity index (χ0n) is 18.2. The Bertz CT molecular complexity index is 1220. The van der Waals surface area contributed by atoms with Crippen LogP contribution in [0.5, 0.6) is 0 Å². The van der Waals surface area contributed by atoms with Crippen LogP contribution in [0.15, 0.2) is 54.7 Å².